The van der Waals surface area contributed by atoms with Crippen LogP contribution in [0.2, 0.25) is 5.02 Å². The molecule has 0 radical (unpaired) electrons. The Kier molecular flexibility index (Phi) is 11.9. The number of hydrogen-bond acceptors (Lipinski definition) is 6. The van der Waals surface area contributed by atoms with E-state index >= 15 is 0 Å². The van der Waals surface area contributed by atoms with Crippen LogP contribution in [0.3, 0.4) is 0 Å². The maximum atomic E-state index is 14.7. The minimum absolute atomic E-state index is 0.0211. The number of ether oxygens (including phenoxy) is 2. The van der Waals surface area contributed by atoms with Gasteiger partial charge < -0.3 is 19.7 Å². The van der Waals surface area contributed by atoms with Gasteiger partial charge in [0, 0.05) is 30.1 Å². The van der Waals surface area contributed by atoms with E-state index < -0.39 is 28.5 Å². The number of benzene rings is 4. The number of nitrogens with zero attached hydrogens (tertiary/aromatic N) is 2. The van der Waals surface area contributed by atoms with Gasteiger partial charge in [0.05, 0.1) is 24.8 Å². The normalized spacial score (nSPS) is 13.8. The van der Waals surface area contributed by atoms with Gasteiger partial charge in [-0.15, -0.1) is 0 Å². The summed E-state index contributed by atoms with van der Waals surface area (Å²) in [7, 11) is -1.43. The lowest BCUT2D eigenvalue weighted by atomic mass is 10.0. The maximum absolute atomic E-state index is 14.7. The van der Waals surface area contributed by atoms with E-state index in [1.54, 1.807) is 48.5 Å². The summed E-state index contributed by atoms with van der Waals surface area (Å²) in [5, 5.41) is 3.72. The smallest absolute Gasteiger partial charge is 0.264 e. The summed E-state index contributed by atoms with van der Waals surface area (Å²) in [4.78, 5) is 30.3. The van der Waals surface area contributed by atoms with Crippen molar-refractivity contribution in [3.05, 3.63) is 119 Å². The molecule has 11 heteroatoms. The number of rotatable bonds is 14. The lowest BCUT2D eigenvalue weighted by Crippen LogP contribution is -2.54. The Labute approximate surface area is 293 Å². The number of sulfonamides is 1. The first-order chi connectivity index (χ1) is 23.6. The topological polar surface area (TPSA) is 105 Å². The predicted octanol–water partition coefficient (Wildman–Crippen LogP) is 6.56. The fraction of sp³-hybridized carbons (Fsp3) is 0.316. The lowest BCUT2D eigenvalue weighted by molar-refractivity contribution is -0.140. The number of carbonyl (C=O) groups excluding carboxylic acids is 2. The molecule has 4 aromatic carbocycles. The van der Waals surface area contributed by atoms with Gasteiger partial charge >= 0.3 is 0 Å². The van der Waals surface area contributed by atoms with Crippen molar-refractivity contribution >= 4 is 39.1 Å². The maximum Gasteiger partial charge on any atom is 0.264 e. The molecule has 4 aromatic rings. The van der Waals surface area contributed by atoms with E-state index in [2.05, 4.69) is 5.32 Å². The van der Waals surface area contributed by atoms with Gasteiger partial charge in [0.2, 0.25) is 11.8 Å². The van der Waals surface area contributed by atoms with Crippen molar-refractivity contribution in [1.29, 1.82) is 0 Å². The zero-order valence-corrected chi connectivity index (χ0v) is 29.5. The Morgan fingerprint density at radius 2 is 1.51 bits per heavy atom. The Hall–Kier alpha value is -4.54. The third-order valence-corrected chi connectivity index (χ3v) is 10.8. The van der Waals surface area contributed by atoms with Crippen LogP contribution in [0, 0.1) is 6.92 Å². The van der Waals surface area contributed by atoms with Gasteiger partial charge in [-0.25, -0.2) is 8.42 Å². The molecule has 49 heavy (non-hydrogen) atoms. The molecule has 1 aliphatic carbocycles. The van der Waals surface area contributed by atoms with Crippen LogP contribution in [-0.2, 0) is 32.6 Å². The Balaban J connectivity index is 1.57. The number of carbonyl (C=O) groups is 2. The monoisotopic (exact) mass is 703 g/mol. The van der Waals surface area contributed by atoms with Crippen LogP contribution in [0.5, 0.6) is 11.5 Å². The predicted molar refractivity (Wildman–Crippen MR) is 192 cm³/mol. The first-order valence-electron chi connectivity index (χ1n) is 16.3. The second-order valence-electron chi connectivity index (χ2n) is 12.2. The fourth-order valence-corrected chi connectivity index (χ4v) is 7.61. The van der Waals surface area contributed by atoms with E-state index in [1.165, 1.54) is 37.3 Å². The van der Waals surface area contributed by atoms with E-state index in [0.29, 0.717) is 16.5 Å². The van der Waals surface area contributed by atoms with Crippen molar-refractivity contribution in [3.8, 4) is 11.5 Å². The van der Waals surface area contributed by atoms with Crippen LogP contribution in [0.1, 0.15) is 42.4 Å². The molecule has 1 unspecified atom stereocenters. The molecule has 1 fully saturated rings. The molecule has 0 bridgehead atoms. The molecule has 2 amide bonds. The molecular formula is C38H42ClN3O6S. The quantitative estimate of drug-likeness (QED) is 0.160. The third kappa shape index (κ3) is 8.93. The number of methoxy groups -OCH3 is 2. The van der Waals surface area contributed by atoms with Crippen LogP contribution in [-0.4, -0.2) is 58.0 Å². The zero-order chi connectivity index (χ0) is 35.0. The van der Waals surface area contributed by atoms with E-state index in [-0.39, 0.29) is 35.6 Å². The summed E-state index contributed by atoms with van der Waals surface area (Å²) in [6, 6.07) is 26.9. The summed E-state index contributed by atoms with van der Waals surface area (Å²) in [5.41, 5.74) is 2.84. The number of nitrogens with one attached hydrogen (secondary N) is 1. The minimum atomic E-state index is -4.32. The molecule has 0 aromatic heterocycles. The fourth-order valence-electron chi connectivity index (χ4n) is 6.05. The third-order valence-electron chi connectivity index (χ3n) is 8.78. The second-order valence-corrected chi connectivity index (χ2v) is 14.5. The van der Waals surface area contributed by atoms with Crippen LogP contribution < -0.4 is 19.1 Å². The average Bonchev–Trinajstić information content (AvgIpc) is 3.63. The van der Waals surface area contributed by atoms with E-state index in [4.69, 9.17) is 21.1 Å². The first-order valence-corrected chi connectivity index (χ1v) is 18.1. The second kappa shape index (κ2) is 16.2. The molecule has 0 aliphatic heterocycles. The van der Waals surface area contributed by atoms with Crippen molar-refractivity contribution in [2.75, 3.05) is 25.1 Å². The van der Waals surface area contributed by atoms with Crippen molar-refractivity contribution in [1.82, 2.24) is 10.2 Å². The van der Waals surface area contributed by atoms with Crippen LogP contribution in [0.4, 0.5) is 5.69 Å². The minimum Gasteiger partial charge on any atom is -0.493 e. The van der Waals surface area contributed by atoms with Gasteiger partial charge in [-0.1, -0.05) is 84.6 Å². The average molecular weight is 704 g/mol. The van der Waals surface area contributed by atoms with E-state index in [9.17, 15) is 18.0 Å². The molecule has 0 heterocycles. The van der Waals surface area contributed by atoms with Gasteiger partial charge in [0.15, 0.2) is 11.5 Å². The zero-order valence-electron chi connectivity index (χ0n) is 28.0. The molecule has 0 spiro atoms. The summed E-state index contributed by atoms with van der Waals surface area (Å²) < 4.78 is 40.7. The molecule has 0 saturated heterocycles. The molecule has 1 atom stereocenters. The van der Waals surface area contributed by atoms with Gasteiger partial charge in [-0.2, -0.15) is 0 Å². The van der Waals surface area contributed by atoms with Gasteiger partial charge in [-0.05, 0) is 67.3 Å². The molecule has 9 nitrogen and oxygen atoms in total. The Bertz CT molecular complexity index is 1830. The standard InChI is InChI=1S/C38H42ClN3O6S/c1-27-13-19-32(20-14-27)42(49(45,46)33-21-22-35(47-2)36(24-33)48-3)26-37(43)41(25-29-15-17-30(39)18-16-29)34(23-28-9-5-4-6-10-28)38(44)40-31-11-7-8-12-31/h4-6,9-10,13-22,24,31,34H,7-8,11-12,23,25-26H2,1-3H3,(H,40,44). The number of aryl methyl sites for hydroxylation is 1. The van der Waals surface area contributed by atoms with E-state index in [1.807, 2.05) is 37.3 Å². The Morgan fingerprint density at radius 3 is 2.14 bits per heavy atom. The van der Waals surface area contributed by atoms with Gasteiger partial charge in [0.1, 0.15) is 12.6 Å². The molecule has 258 valence electrons. The summed E-state index contributed by atoms with van der Waals surface area (Å²) >= 11 is 6.19. The summed E-state index contributed by atoms with van der Waals surface area (Å²) in [5.74, 6) is -0.218. The number of anilines is 1. The van der Waals surface area contributed by atoms with Crippen molar-refractivity contribution in [2.45, 2.75) is 62.6 Å². The highest BCUT2D eigenvalue weighted by molar-refractivity contribution is 7.92. The summed E-state index contributed by atoms with van der Waals surface area (Å²) in [6.07, 6.45) is 4.05. The van der Waals surface area contributed by atoms with Crippen molar-refractivity contribution in [2.24, 2.45) is 0 Å². The lowest BCUT2D eigenvalue weighted by Gasteiger charge is -2.34. The first kappa shape index (κ1) is 35.8. The van der Waals surface area contributed by atoms with E-state index in [0.717, 1.165) is 46.7 Å². The van der Waals surface area contributed by atoms with Crippen LogP contribution in [0.15, 0.2) is 102 Å². The highest BCUT2D eigenvalue weighted by atomic mass is 35.5. The van der Waals surface area contributed by atoms with Crippen molar-refractivity contribution in [3.63, 3.8) is 0 Å². The SMILES string of the molecule is COc1ccc(S(=O)(=O)N(CC(=O)N(Cc2ccc(Cl)cc2)C(Cc2ccccc2)C(=O)NC2CCCC2)c2ccc(C)cc2)cc1OC. The molecule has 1 saturated carbocycles. The number of amides is 2. The number of halogens is 1. The molecule has 1 N–H and O–H groups in total. The van der Waals surface area contributed by atoms with Gasteiger partial charge in [-0.3, -0.25) is 13.9 Å². The largest absolute Gasteiger partial charge is 0.493 e. The van der Waals surface area contributed by atoms with Crippen LogP contribution >= 0.6 is 11.6 Å². The highest BCUT2D eigenvalue weighted by Crippen LogP contribution is 2.33. The molecule has 5 rings (SSSR count). The number of hydrogen-bond donors (Lipinski definition) is 1. The molecule has 1 aliphatic rings. The van der Waals surface area contributed by atoms with Crippen LogP contribution in [0.25, 0.3) is 0 Å². The summed E-state index contributed by atoms with van der Waals surface area (Å²) in [6.45, 7) is 1.39. The highest BCUT2D eigenvalue weighted by Gasteiger charge is 2.36. The Morgan fingerprint density at radius 1 is 0.857 bits per heavy atom. The van der Waals surface area contributed by atoms with Crippen molar-refractivity contribution < 1.29 is 27.5 Å². The molecular weight excluding hydrogens is 662 g/mol. The van der Waals surface area contributed by atoms with Gasteiger partial charge in [0.25, 0.3) is 10.0 Å².